The standard InChI is InChI=1S/C20H17ClN4O/c21-13-7-5-12(6-8-13)18-16(11-22-24-18)19-23-17-4-2-1-3-15(17)20(26)25(19)14-9-10-14/h1-8,11,14,19,23H,9-10H2,(H,22,24). The number of hydrogen-bond donors (Lipinski definition) is 2. The Balaban J connectivity index is 1.60. The van der Waals surface area contributed by atoms with Crippen LogP contribution in [0.15, 0.2) is 54.7 Å². The van der Waals surface area contributed by atoms with Crippen LogP contribution in [0.3, 0.4) is 0 Å². The van der Waals surface area contributed by atoms with Crippen LogP contribution in [0.1, 0.15) is 34.9 Å². The predicted molar refractivity (Wildman–Crippen MR) is 101 cm³/mol. The summed E-state index contributed by atoms with van der Waals surface area (Å²) in [5, 5.41) is 11.6. The Morgan fingerprint density at radius 2 is 1.85 bits per heavy atom. The summed E-state index contributed by atoms with van der Waals surface area (Å²) in [6.07, 6.45) is 3.65. The highest BCUT2D eigenvalue weighted by Gasteiger charge is 2.43. The molecule has 130 valence electrons. The minimum absolute atomic E-state index is 0.0788. The fourth-order valence-electron chi connectivity index (χ4n) is 3.58. The van der Waals surface area contributed by atoms with Crippen molar-refractivity contribution in [1.29, 1.82) is 0 Å². The van der Waals surface area contributed by atoms with Crippen LogP contribution in [0.4, 0.5) is 5.69 Å². The number of H-pyrrole nitrogens is 1. The van der Waals surface area contributed by atoms with E-state index in [1.807, 2.05) is 53.4 Å². The smallest absolute Gasteiger partial charge is 0.258 e. The number of hydrogen-bond acceptors (Lipinski definition) is 3. The van der Waals surface area contributed by atoms with Crippen LogP contribution in [-0.2, 0) is 0 Å². The van der Waals surface area contributed by atoms with Crippen LogP contribution in [0, 0.1) is 0 Å². The predicted octanol–water partition coefficient (Wildman–Crippen LogP) is 4.46. The zero-order valence-corrected chi connectivity index (χ0v) is 14.7. The van der Waals surface area contributed by atoms with Crippen molar-refractivity contribution in [1.82, 2.24) is 15.1 Å². The molecule has 0 radical (unpaired) electrons. The summed E-state index contributed by atoms with van der Waals surface area (Å²) in [6, 6.07) is 15.6. The van der Waals surface area contributed by atoms with Gasteiger partial charge < -0.3 is 10.2 Å². The lowest BCUT2D eigenvalue weighted by molar-refractivity contribution is 0.0667. The fourth-order valence-corrected chi connectivity index (χ4v) is 3.70. The minimum atomic E-state index is -0.241. The molecule has 0 saturated heterocycles. The number of fused-ring (bicyclic) bond motifs is 1. The van der Waals surface area contributed by atoms with E-state index in [9.17, 15) is 4.79 Å². The highest BCUT2D eigenvalue weighted by molar-refractivity contribution is 6.30. The topological polar surface area (TPSA) is 61.0 Å². The van der Waals surface area contributed by atoms with Crippen molar-refractivity contribution >= 4 is 23.2 Å². The number of halogens is 1. The second-order valence-electron chi connectivity index (χ2n) is 6.74. The Labute approximate surface area is 156 Å². The molecule has 26 heavy (non-hydrogen) atoms. The molecule has 2 aromatic carbocycles. The van der Waals surface area contributed by atoms with Gasteiger partial charge in [-0.15, -0.1) is 0 Å². The number of carbonyl (C=O) groups is 1. The third-order valence-corrected chi connectivity index (χ3v) is 5.25. The SMILES string of the molecule is O=C1c2ccccc2NC(c2cn[nH]c2-c2ccc(Cl)cc2)N1C1CC1. The monoisotopic (exact) mass is 364 g/mol. The van der Waals surface area contributed by atoms with Crippen molar-refractivity contribution in [2.75, 3.05) is 5.32 Å². The number of rotatable bonds is 3. The van der Waals surface area contributed by atoms with Gasteiger partial charge in [0, 0.05) is 27.9 Å². The summed E-state index contributed by atoms with van der Waals surface area (Å²) in [7, 11) is 0. The number of anilines is 1. The maximum absolute atomic E-state index is 13.1. The average Bonchev–Trinajstić information content (AvgIpc) is 3.38. The first-order chi connectivity index (χ1) is 12.7. The van der Waals surface area contributed by atoms with Gasteiger partial charge in [0.25, 0.3) is 5.91 Å². The third kappa shape index (κ3) is 2.47. The van der Waals surface area contributed by atoms with Gasteiger partial charge in [-0.3, -0.25) is 9.89 Å². The van der Waals surface area contributed by atoms with Gasteiger partial charge in [-0.05, 0) is 37.1 Å². The van der Waals surface area contributed by atoms with Crippen LogP contribution >= 0.6 is 11.6 Å². The summed E-state index contributed by atoms with van der Waals surface area (Å²) < 4.78 is 0. The number of para-hydroxylation sites is 1. The van der Waals surface area contributed by atoms with E-state index < -0.39 is 0 Å². The van der Waals surface area contributed by atoms with Crippen molar-refractivity contribution in [2.45, 2.75) is 25.0 Å². The zero-order valence-electron chi connectivity index (χ0n) is 13.9. The summed E-state index contributed by atoms with van der Waals surface area (Å²) in [5.41, 5.74) is 4.44. The van der Waals surface area contributed by atoms with Gasteiger partial charge >= 0.3 is 0 Å². The summed E-state index contributed by atoms with van der Waals surface area (Å²) in [6.45, 7) is 0. The van der Waals surface area contributed by atoms with E-state index in [1.165, 1.54) is 0 Å². The molecule has 2 aliphatic rings. The van der Waals surface area contributed by atoms with Gasteiger partial charge in [0.05, 0.1) is 17.5 Å². The van der Waals surface area contributed by atoms with E-state index in [0.29, 0.717) is 5.02 Å². The number of benzene rings is 2. The highest BCUT2D eigenvalue weighted by Crippen LogP contribution is 2.42. The Kier molecular flexibility index (Phi) is 3.50. The van der Waals surface area contributed by atoms with Crippen LogP contribution < -0.4 is 5.32 Å². The van der Waals surface area contributed by atoms with Crippen molar-refractivity contribution in [3.8, 4) is 11.3 Å². The molecule has 1 amide bonds. The Morgan fingerprint density at radius 1 is 1.08 bits per heavy atom. The molecule has 1 fully saturated rings. The van der Waals surface area contributed by atoms with Crippen molar-refractivity contribution in [2.24, 2.45) is 0 Å². The molecular formula is C20H17ClN4O. The average molecular weight is 365 g/mol. The zero-order chi connectivity index (χ0) is 17.7. The van der Waals surface area contributed by atoms with Crippen LogP contribution in [-0.4, -0.2) is 27.0 Å². The van der Waals surface area contributed by atoms with Gasteiger partial charge in [0.2, 0.25) is 0 Å². The molecule has 1 aliphatic heterocycles. The lowest BCUT2D eigenvalue weighted by Gasteiger charge is -2.38. The highest BCUT2D eigenvalue weighted by atomic mass is 35.5. The first-order valence-electron chi connectivity index (χ1n) is 8.70. The summed E-state index contributed by atoms with van der Waals surface area (Å²) >= 11 is 6.02. The molecule has 1 aliphatic carbocycles. The van der Waals surface area contributed by atoms with E-state index in [-0.39, 0.29) is 18.1 Å². The lowest BCUT2D eigenvalue weighted by Crippen LogP contribution is -2.44. The number of aromatic amines is 1. The van der Waals surface area contributed by atoms with E-state index in [1.54, 1.807) is 6.20 Å². The van der Waals surface area contributed by atoms with Crippen molar-refractivity contribution < 1.29 is 4.79 Å². The first kappa shape index (κ1) is 15.5. The quantitative estimate of drug-likeness (QED) is 0.721. The molecule has 2 heterocycles. The second kappa shape index (κ2) is 5.88. The maximum Gasteiger partial charge on any atom is 0.258 e. The molecule has 0 spiro atoms. The molecule has 1 atom stereocenters. The molecule has 0 bridgehead atoms. The Morgan fingerprint density at radius 3 is 2.62 bits per heavy atom. The van der Waals surface area contributed by atoms with E-state index >= 15 is 0 Å². The Bertz CT molecular complexity index is 977. The van der Waals surface area contributed by atoms with Crippen LogP contribution in [0.25, 0.3) is 11.3 Å². The van der Waals surface area contributed by atoms with Gasteiger partial charge in [0.1, 0.15) is 6.17 Å². The molecular weight excluding hydrogens is 348 g/mol. The lowest BCUT2D eigenvalue weighted by atomic mass is 10.0. The van der Waals surface area contributed by atoms with Gasteiger partial charge in [-0.25, -0.2) is 0 Å². The molecule has 3 aromatic rings. The van der Waals surface area contributed by atoms with Crippen molar-refractivity contribution in [3.63, 3.8) is 0 Å². The largest absolute Gasteiger partial charge is 0.361 e. The first-order valence-corrected chi connectivity index (χ1v) is 9.07. The molecule has 1 aromatic heterocycles. The van der Waals surface area contributed by atoms with Gasteiger partial charge in [-0.2, -0.15) is 5.10 Å². The maximum atomic E-state index is 13.1. The summed E-state index contributed by atoms with van der Waals surface area (Å²) in [5.74, 6) is 0.0788. The minimum Gasteiger partial charge on any atom is -0.361 e. The van der Waals surface area contributed by atoms with Crippen molar-refractivity contribution in [3.05, 3.63) is 70.9 Å². The number of nitrogens with zero attached hydrogens (tertiary/aromatic N) is 2. The van der Waals surface area contributed by atoms with Gasteiger partial charge in [0.15, 0.2) is 0 Å². The van der Waals surface area contributed by atoms with Crippen LogP contribution in [0.2, 0.25) is 5.02 Å². The molecule has 5 rings (SSSR count). The molecule has 5 nitrogen and oxygen atoms in total. The fraction of sp³-hybridized carbons (Fsp3) is 0.200. The normalized spacial score (nSPS) is 19.2. The number of nitrogens with one attached hydrogen (secondary N) is 2. The van der Waals surface area contributed by atoms with E-state index in [4.69, 9.17) is 11.6 Å². The van der Waals surface area contributed by atoms with E-state index in [2.05, 4.69) is 15.5 Å². The second-order valence-corrected chi connectivity index (χ2v) is 7.18. The van der Waals surface area contributed by atoms with Crippen LogP contribution in [0.5, 0.6) is 0 Å². The number of carbonyl (C=O) groups excluding carboxylic acids is 1. The third-order valence-electron chi connectivity index (χ3n) is 5.00. The molecule has 6 heteroatoms. The molecule has 1 saturated carbocycles. The molecule has 1 unspecified atom stereocenters. The van der Waals surface area contributed by atoms with Gasteiger partial charge in [-0.1, -0.05) is 35.9 Å². The molecule has 2 N–H and O–H groups in total. The van der Waals surface area contributed by atoms with E-state index in [0.717, 1.165) is 40.9 Å². The summed E-state index contributed by atoms with van der Waals surface area (Å²) in [4.78, 5) is 15.1. The number of amides is 1. The Hall–Kier alpha value is -2.79. The number of aromatic nitrogens is 2.